The maximum atomic E-state index is 11.9. The van der Waals surface area contributed by atoms with E-state index >= 15 is 0 Å². The quantitative estimate of drug-likeness (QED) is 0.265. The molecule has 0 spiro atoms. The van der Waals surface area contributed by atoms with E-state index < -0.39 is 5.97 Å². The van der Waals surface area contributed by atoms with E-state index in [0.717, 1.165) is 48.7 Å². The van der Waals surface area contributed by atoms with E-state index in [1.807, 2.05) is 67.6 Å². The van der Waals surface area contributed by atoms with Gasteiger partial charge in [-0.05, 0) is 61.1 Å². The fraction of sp³-hybridized carbons (Fsp3) is 0.312. The highest BCUT2D eigenvalue weighted by molar-refractivity contribution is 5.71. The predicted octanol–water partition coefficient (Wildman–Crippen LogP) is 6.04. The Kier molecular flexibility index (Phi) is 8.19. The molecule has 1 saturated heterocycles. The average molecular weight is 511 g/mol. The fourth-order valence-corrected chi connectivity index (χ4v) is 5.24. The van der Waals surface area contributed by atoms with Crippen molar-refractivity contribution in [1.82, 2.24) is 9.88 Å². The number of nitrogens with zero attached hydrogens (tertiary/aromatic N) is 2. The van der Waals surface area contributed by atoms with Crippen molar-refractivity contribution in [3.8, 4) is 17.2 Å². The zero-order valence-electron chi connectivity index (χ0n) is 21.8. The highest BCUT2D eigenvalue weighted by atomic mass is 16.5. The number of likely N-dealkylation sites (tertiary alicyclic amines) is 1. The van der Waals surface area contributed by atoms with E-state index in [2.05, 4.69) is 34.1 Å². The summed E-state index contributed by atoms with van der Waals surface area (Å²) < 4.78 is 11.8. The normalized spacial score (nSPS) is 17.5. The minimum atomic E-state index is -0.687. The van der Waals surface area contributed by atoms with Gasteiger partial charge in [0.2, 0.25) is 5.89 Å². The lowest BCUT2D eigenvalue weighted by molar-refractivity contribution is -0.142. The SMILES string of the molecule is Cc1oc(-c2ccccc2)nc1CCOc1ccc(CCC2CN(Cc3ccccc3)C[C@@H]2C(=O)O)cc1. The third-order valence-electron chi connectivity index (χ3n) is 7.33. The van der Waals surface area contributed by atoms with Crippen LogP contribution < -0.4 is 4.74 Å². The lowest BCUT2D eigenvalue weighted by Gasteiger charge is -2.16. The number of hydrogen-bond donors (Lipinski definition) is 1. The smallest absolute Gasteiger partial charge is 0.308 e. The van der Waals surface area contributed by atoms with Gasteiger partial charge in [-0.15, -0.1) is 0 Å². The Morgan fingerprint density at radius 3 is 2.37 bits per heavy atom. The lowest BCUT2D eigenvalue weighted by Crippen LogP contribution is -2.23. The number of oxazole rings is 1. The highest BCUT2D eigenvalue weighted by Crippen LogP contribution is 2.29. The first-order valence-electron chi connectivity index (χ1n) is 13.3. The van der Waals surface area contributed by atoms with Crippen molar-refractivity contribution in [1.29, 1.82) is 0 Å². The van der Waals surface area contributed by atoms with Crippen LogP contribution in [0.2, 0.25) is 0 Å². The number of rotatable bonds is 11. The Hall–Kier alpha value is -3.90. The zero-order chi connectivity index (χ0) is 26.3. The zero-order valence-corrected chi connectivity index (χ0v) is 21.8. The molecule has 2 atom stereocenters. The molecule has 196 valence electrons. The second kappa shape index (κ2) is 12.1. The van der Waals surface area contributed by atoms with Crippen LogP contribution >= 0.6 is 0 Å². The van der Waals surface area contributed by atoms with Gasteiger partial charge in [0, 0.05) is 31.6 Å². The van der Waals surface area contributed by atoms with Crippen LogP contribution in [0.5, 0.6) is 5.75 Å². The van der Waals surface area contributed by atoms with Gasteiger partial charge in [0.25, 0.3) is 0 Å². The van der Waals surface area contributed by atoms with Gasteiger partial charge in [0.1, 0.15) is 11.5 Å². The number of benzene rings is 3. The van der Waals surface area contributed by atoms with Gasteiger partial charge in [-0.3, -0.25) is 9.69 Å². The van der Waals surface area contributed by atoms with Gasteiger partial charge in [-0.2, -0.15) is 0 Å². The molecule has 6 heteroatoms. The first-order chi connectivity index (χ1) is 18.5. The van der Waals surface area contributed by atoms with E-state index in [-0.39, 0.29) is 11.8 Å². The van der Waals surface area contributed by atoms with Gasteiger partial charge in [0.05, 0.1) is 18.2 Å². The number of carbonyl (C=O) groups is 1. The molecule has 1 aliphatic heterocycles. The number of aromatic nitrogens is 1. The third-order valence-corrected chi connectivity index (χ3v) is 7.33. The summed E-state index contributed by atoms with van der Waals surface area (Å²) in [4.78, 5) is 18.8. The largest absolute Gasteiger partial charge is 0.493 e. The van der Waals surface area contributed by atoms with E-state index in [4.69, 9.17) is 9.15 Å². The summed E-state index contributed by atoms with van der Waals surface area (Å²) in [7, 11) is 0. The van der Waals surface area contributed by atoms with Gasteiger partial charge >= 0.3 is 5.97 Å². The summed E-state index contributed by atoms with van der Waals surface area (Å²) in [5, 5.41) is 9.79. The Morgan fingerprint density at radius 1 is 0.947 bits per heavy atom. The molecule has 38 heavy (non-hydrogen) atoms. The minimum absolute atomic E-state index is 0.151. The highest BCUT2D eigenvalue weighted by Gasteiger charge is 2.37. The Bertz CT molecular complexity index is 1320. The second-order valence-electron chi connectivity index (χ2n) is 10.1. The van der Waals surface area contributed by atoms with Crippen molar-refractivity contribution in [3.05, 3.63) is 108 Å². The van der Waals surface area contributed by atoms with Crippen LogP contribution in [0, 0.1) is 18.8 Å². The Balaban J connectivity index is 1.10. The maximum Gasteiger partial charge on any atom is 0.308 e. The number of hydrogen-bond acceptors (Lipinski definition) is 5. The summed E-state index contributed by atoms with van der Waals surface area (Å²) in [6, 6.07) is 28.3. The number of carboxylic acids is 1. The van der Waals surface area contributed by atoms with Crippen LogP contribution in [0.15, 0.2) is 89.3 Å². The predicted molar refractivity (Wildman–Crippen MR) is 147 cm³/mol. The van der Waals surface area contributed by atoms with Crippen molar-refractivity contribution in [2.45, 2.75) is 32.7 Å². The Morgan fingerprint density at radius 2 is 1.66 bits per heavy atom. The van der Waals surface area contributed by atoms with Crippen LogP contribution in [0.25, 0.3) is 11.5 Å². The molecule has 2 heterocycles. The molecule has 3 aromatic carbocycles. The maximum absolute atomic E-state index is 11.9. The van der Waals surface area contributed by atoms with Crippen LogP contribution in [0.1, 0.15) is 29.0 Å². The number of aliphatic carboxylic acids is 1. The van der Waals surface area contributed by atoms with Crippen molar-refractivity contribution in [2.75, 3.05) is 19.7 Å². The molecular formula is C32H34N2O4. The molecule has 5 rings (SSSR count). The monoisotopic (exact) mass is 510 g/mol. The van der Waals surface area contributed by atoms with Crippen LogP contribution in [0.4, 0.5) is 0 Å². The first kappa shape index (κ1) is 25.7. The van der Waals surface area contributed by atoms with Crippen molar-refractivity contribution in [2.24, 2.45) is 11.8 Å². The summed E-state index contributed by atoms with van der Waals surface area (Å²) in [6.45, 7) is 4.68. The standard InChI is InChI=1S/C32H34N2O4/c1-23-30(33-31(38-23)26-10-6-3-7-11-26)18-19-37-28-16-13-24(14-17-28)12-15-27-21-34(22-29(27)32(35)36)20-25-8-4-2-5-9-25/h2-11,13-14,16-17,27,29H,12,15,18-22H2,1H3,(H,35,36)/t27?,29-/m0/s1. The number of ether oxygens (including phenoxy) is 1. The van der Waals surface area contributed by atoms with E-state index in [9.17, 15) is 9.90 Å². The second-order valence-corrected chi connectivity index (χ2v) is 10.1. The topological polar surface area (TPSA) is 75.8 Å². The average Bonchev–Trinajstić information content (AvgIpc) is 3.52. The summed E-state index contributed by atoms with van der Waals surface area (Å²) in [6.07, 6.45) is 2.38. The van der Waals surface area contributed by atoms with Gasteiger partial charge in [-0.1, -0.05) is 60.7 Å². The fourth-order valence-electron chi connectivity index (χ4n) is 5.24. The summed E-state index contributed by atoms with van der Waals surface area (Å²) >= 11 is 0. The number of carboxylic acid groups (broad SMARTS) is 1. The molecule has 0 saturated carbocycles. The van der Waals surface area contributed by atoms with Gasteiger partial charge in [-0.25, -0.2) is 4.98 Å². The molecule has 1 N–H and O–H groups in total. The molecule has 1 unspecified atom stereocenters. The molecule has 0 radical (unpaired) electrons. The van der Waals surface area contributed by atoms with Crippen LogP contribution in [0.3, 0.4) is 0 Å². The molecular weight excluding hydrogens is 476 g/mol. The molecule has 0 amide bonds. The molecule has 0 aliphatic carbocycles. The lowest BCUT2D eigenvalue weighted by atomic mass is 9.90. The molecule has 6 nitrogen and oxygen atoms in total. The van der Waals surface area contributed by atoms with Crippen molar-refractivity contribution in [3.63, 3.8) is 0 Å². The molecule has 0 bridgehead atoms. The Labute approximate surface area is 223 Å². The van der Waals surface area contributed by atoms with Crippen molar-refractivity contribution >= 4 is 5.97 Å². The van der Waals surface area contributed by atoms with E-state index in [0.29, 0.717) is 25.5 Å². The molecule has 1 aliphatic rings. The first-order valence-corrected chi connectivity index (χ1v) is 13.3. The number of aryl methyl sites for hydroxylation is 2. The van der Waals surface area contributed by atoms with Gasteiger partial charge < -0.3 is 14.3 Å². The van der Waals surface area contributed by atoms with Crippen LogP contribution in [-0.2, 0) is 24.2 Å². The van der Waals surface area contributed by atoms with E-state index in [1.54, 1.807) is 0 Å². The van der Waals surface area contributed by atoms with Crippen molar-refractivity contribution < 1.29 is 19.1 Å². The summed E-state index contributed by atoms with van der Waals surface area (Å²) in [5.41, 5.74) is 4.30. The summed E-state index contributed by atoms with van der Waals surface area (Å²) in [5.74, 6) is 1.42. The van der Waals surface area contributed by atoms with E-state index in [1.165, 1.54) is 11.1 Å². The molecule has 4 aromatic rings. The third kappa shape index (κ3) is 6.50. The minimum Gasteiger partial charge on any atom is -0.493 e. The van der Waals surface area contributed by atoms with Crippen LogP contribution in [-0.4, -0.2) is 40.7 Å². The van der Waals surface area contributed by atoms with Gasteiger partial charge in [0.15, 0.2) is 0 Å². The molecule has 1 aromatic heterocycles. The molecule has 1 fully saturated rings.